The van der Waals surface area contributed by atoms with Gasteiger partial charge in [0.2, 0.25) is 0 Å². The van der Waals surface area contributed by atoms with Crippen molar-refractivity contribution in [1.82, 2.24) is 0 Å². The highest BCUT2D eigenvalue weighted by atomic mass is 16.5. The molecule has 0 bridgehead atoms. The molecule has 5 N–H and O–H groups in total. The van der Waals surface area contributed by atoms with E-state index in [-0.39, 0.29) is 23.5 Å². The van der Waals surface area contributed by atoms with Gasteiger partial charge in [-0.05, 0) is 49.3 Å². The van der Waals surface area contributed by atoms with E-state index in [0.717, 1.165) is 0 Å². The van der Waals surface area contributed by atoms with Crippen LogP contribution in [-0.2, 0) is 16.0 Å². The first-order chi connectivity index (χ1) is 12.4. The SMILES string of the molecule is NCCOc1ccc(CC(C(=O)O)=C(C(=O)O)C2CCC(O)CC2)cc1. The fourth-order valence-corrected chi connectivity index (χ4v) is 3.29. The number of carboxylic acids is 2. The first kappa shape index (κ1) is 19.9. The second-order valence-corrected chi connectivity index (χ2v) is 6.47. The van der Waals surface area contributed by atoms with Crippen LogP contribution in [-0.4, -0.2) is 46.5 Å². The van der Waals surface area contributed by atoms with Crippen LogP contribution < -0.4 is 10.5 Å². The predicted molar refractivity (Wildman–Crippen MR) is 95.0 cm³/mol. The zero-order valence-corrected chi connectivity index (χ0v) is 14.6. The highest BCUT2D eigenvalue weighted by Crippen LogP contribution is 2.33. The van der Waals surface area contributed by atoms with Crippen LogP contribution in [0.1, 0.15) is 31.2 Å². The van der Waals surface area contributed by atoms with Crippen molar-refractivity contribution >= 4 is 11.9 Å². The summed E-state index contributed by atoms with van der Waals surface area (Å²) in [6.45, 7) is 0.780. The van der Waals surface area contributed by atoms with Crippen molar-refractivity contribution in [2.24, 2.45) is 11.7 Å². The van der Waals surface area contributed by atoms with E-state index in [1.165, 1.54) is 0 Å². The van der Waals surface area contributed by atoms with Gasteiger partial charge in [-0.1, -0.05) is 12.1 Å². The monoisotopic (exact) mass is 363 g/mol. The summed E-state index contributed by atoms with van der Waals surface area (Å²) in [5.74, 6) is -2.15. The number of carboxylic acid groups (broad SMARTS) is 2. The lowest BCUT2D eigenvalue weighted by atomic mass is 9.79. The van der Waals surface area contributed by atoms with Gasteiger partial charge in [0.05, 0.1) is 17.3 Å². The van der Waals surface area contributed by atoms with Crippen LogP contribution in [0.15, 0.2) is 35.4 Å². The molecule has 0 atom stereocenters. The number of carbonyl (C=O) groups is 2. The number of rotatable bonds is 8. The Morgan fingerprint density at radius 1 is 1.04 bits per heavy atom. The summed E-state index contributed by atoms with van der Waals surface area (Å²) >= 11 is 0. The standard InChI is InChI=1S/C19H25NO6/c20-9-10-26-15-7-1-12(2-8-15)11-16(18(22)23)17(19(24)25)13-3-5-14(21)6-4-13/h1-2,7-8,13-14,21H,3-6,9-11,20H2,(H,22,23)(H,24,25). The highest BCUT2D eigenvalue weighted by molar-refractivity contribution is 5.99. The summed E-state index contributed by atoms with van der Waals surface area (Å²) in [4.78, 5) is 23.5. The van der Waals surface area contributed by atoms with Gasteiger partial charge in [0.1, 0.15) is 12.4 Å². The van der Waals surface area contributed by atoms with Crippen molar-refractivity contribution < 1.29 is 29.6 Å². The molecule has 1 saturated carbocycles. The van der Waals surface area contributed by atoms with Gasteiger partial charge in [0.15, 0.2) is 0 Å². The van der Waals surface area contributed by atoms with E-state index in [0.29, 0.717) is 50.1 Å². The summed E-state index contributed by atoms with van der Waals surface area (Å²) in [7, 11) is 0. The van der Waals surface area contributed by atoms with Crippen molar-refractivity contribution in [3.8, 4) is 5.75 Å². The van der Waals surface area contributed by atoms with Crippen LogP contribution >= 0.6 is 0 Å². The van der Waals surface area contributed by atoms with Crippen LogP contribution in [0.2, 0.25) is 0 Å². The maximum absolute atomic E-state index is 11.8. The molecule has 0 amide bonds. The van der Waals surface area contributed by atoms with E-state index in [9.17, 15) is 24.9 Å². The molecule has 0 aromatic heterocycles. The molecule has 1 aromatic carbocycles. The first-order valence-corrected chi connectivity index (χ1v) is 8.71. The number of nitrogens with two attached hydrogens (primary N) is 1. The molecule has 0 aliphatic heterocycles. The fourth-order valence-electron chi connectivity index (χ4n) is 3.29. The summed E-state index contributed by atoms with van der Waals surface area (Å²) in [5.41, 5.74) is 5.92. The third-order valence-corrected chi connectivity index (χ3v) is 4.61. The Morgan fingerprint density at radius 2 is 1.65 bits per heavy atom. The maximum Gasteiger partial charge on any atom is 0.332 e. The number of ether oxygens (including phenoxy) is 1. The Kier molecular flexibility index (Phi) is 7.17. The van der Waals surface area contributed by atoms with Crippen LogP contribution in [0.25, 0.3) is 0 Å². The van der Waals surface area contributed by atoms with E-state index >= 15 is 0 Å². The highest BCUT2D eigenvalue weighted by Gasteiger charge is 2.31. The van der Waals surface area contributed by atoms with Crippen molar-refractivity contribution in [2.75, 3.05) is 13.2 Å². The minimum atomic E-state index is -1.23. The zero-order chi connectivity index (χ0) is 19.1. The largest absolute Gasteiger partial charge is 0.492 e. The number of hydrogen-bond acceptors (Lipinski definition) is 5. The Labute approximate surface area is 152 Å². The lowest BCUT2D eigenvalue weighted by molar-refractivity contribution is -0.136. The normalized spacial score (nSPS) is 21.0. The van der Waals surface area contributed by atoms with E-state index in [2.05, 4.69) is 0 Å². The van der Waals surface area contributed by atoms with Gasteiger partial charge in [0.25, 0.3) is 0 Å². The topological polar surface area (TPSA) is 130 Å². The third kappa shape index (κ3) is 5.31. The Hall–Kier alpha value is -2.38. The Bertz CT molecular complexity index is 659. The van der Waals surface area contributed by atoms with Gasteiger partial charge >= 0.3 is 11.9 Å². The number of aliphatic hydroxyl groups excluding tert-OH is 1. The minimum absolute atomic E-state index is 0.0210. The Balaban J connectivity index is 2.25. The van der Waals surface area contributed by atoms with Crippen molar-refractivity contribution in [3.05, 3.63) is 41.0 Å². The van der Waals surface area contributed by atoms with Gasteiger partial charge in [-0.25, -0.2) is 9.59 Å². The fraction of sp³-hybridized carbons (Fsp3) is 0.474. The van der Waals surface area contributed by atoms with Gasteiger partial charge in [-0.2, -0.15) is 0 Å². The molecule has 1 fully saturated rings. The predicted octanol–water partition coefficient (Wildman–Crippen LogP) is 1.58. The number of hydrogen-bond donors (Lipinski definition) is 4. The zero-order valence-electron chi connectivity index (χ0n) is 14.6. The molecular weight excluding hydrogens is 338 g/mol. The van der Waals surface area contributed by atoms with E-state index < -0.39 is 18.0 Å². The summed E-state index contributed by atoms with van der Waals surface area (Å²) in [5, 5.41) is 28.8. The van der Waals surface area contributed by atoms with Crippen molar-refractivity contribution in [1.29, 1.82) is 0 Å². The molecule has 1 aliphatic carbocycles. The second-order valence-electron chi connectivity index (χ2n) is 6.47. The summed E-state index contributed by atoms with van der Waals surface area (Å²) in [6, 6.07) is 6.86. The molecule has 7 heteroatoms. The third-order valence-electron chi connectivity index (χ3n) is 4.61. The van der Waals surface area contributed by atoms with Gasteiger partial charge in [-0.15, -0.1) is 0 Å². The Morgan fingerprint density at radius 3 is 2.15 bits per heavy atom. The maximum atomic E-state index is 11.8. The van der Waals surface area contributed by atoms with E-state index in [1.807, 2.05) is 0 Å². The molecule has 26 heavy (non-hydrogen) atoms. The van der Waals surface area contributed by atoms with Gasteiger partial charge < -0.3 is 25.8 Å². The van der Waals surface area contributed by atoms with E-state index in [1.54, 1.807) is 24.3 Å². The molecule has 0 heterocycles. The first-order valence-electron chi connectivity index (χ1n) is 8.71. The second kappa shape index (κ2) is 9.35. The minimum Gasteiger partial charge on any atom is -0.492 e. The summed E-state index contributed by atoms with van der Waals surface area (Å²) < 4.78 is 5.38. The quantitative estimate of drug-likeness (QED) is 0.516. The molecule has 142 valence electrons. The average molecular weight is 363 g/mol. The van der Waals surface area contributed by atoms with Crippen LogP contribution in [0.3, 0.4) is 0 Å². The molecule has 7 nitrogen and oxygen atoms in total. The van der Waals surface area contributed by atoms with Gasteiger partial charge in [0, 0.05) is 13.0 Å². The number of aliphatic carboxylic acids is 2. The lowest BCUT2D eigenvalue weighted by Crippen LogP contribution is -2.25. The van der Waals surface area contributed by atoms with Gasteiger partial charge in [-0.3, -0.25) is 0 Å². The molecule has 1 aliphatic rings. The smallest absolute Gasteiger partial charge is 0.332 e. The molecule has 1 aromatic rings. The summed E-state index contributed by atoms with van der Waals surface area (Å²) in [6.07, 6.45) is 1.52. The molecule has 0 spiro atoms. The molecule has 0 saturated heterocycles. The van der Waals surface area contributed by atoms with E-state index in [4.69, 9.17) is 10.5 Å². The molecule has 0 radical (unpaired) electrons. The molecular formula is C19H25NO6. The van der Waals surface area contributed by atoms with Crippen LogP contribution in [0, 0.1) is 5.92 Å². The van der Waals surface area contributed by atoms with Crippen molar-refractivity contribution in [3.63, 3.8) is 0 Å². The number of benzene rings is 1. The number of aliphatic hydroxyl groups is 1. The molecule has 2 rings (SSSR count). The average Bonchev–Trinajstić information content (AvgIpc) is 2.61. The molecule has 0 unspecified atom stereocenters. The van der Waals surface area contributed by atoms with Crippen molar-refractivity contribution in [2.45, 2.75) is 38.2 Å². The lowest BCUT2D eigenvalue weighted by Gasteiger charge is -2.27. The van der Waals surface area contributed by atoms with Crippen LogP contribution in [0.5, 0.6) is 5.75 Å². The van der Waals surface area contributed by atoms with Crippen LogP contribution in [0.4, 0.5) is 0 Å².